The minimum absolute atomic E-state index is 0.170. The van der Waals surface area contributed by atoms with Gasteiger partial charge in [-0.15, -0.1) is 0 Å². The van der Waals surface area contributed by atoms with E-state index in [0.717, 1.165) is 0 Å². The first-order valence-corrected chi connectivity index (χ1v) is 7.44. The average Bonchev–Trinajstić information content (AvgIpc) is 2.86. The summed E-state index contributed by atoms with van der Waals surface area (Å²) in [6.45, 7) is 0.170. The van der Waals surface area contributed by atoms with Crippen LogP contribution in [0.1, 0.15) is 35.2 Å². The number of carbonyl (C=O) groups is 4. The van der Waals surface area contributed by atoms with Crippen LogP contribution in [0.2, 0.25) is 0 Å². The molecule has 0 saturated carbocycles. The van der Waals surface area contributed by atoms with Gasteiger partial charge in [0.15, 0.2) is 0 Å². The molecule has 1 unspecified atom stereocenters. The first-order valence-electron chi connectivity index (χ1n) is 7.44. The van der Waals surface area contributed by atoms with E-state index in [1.54, 1.807) is 24.3 Å². The third kappa shape index (κ3) is 2.72. The van der Waals surface area contributed by atoms with Crippen LogP contribution in [0.5, 0.6) is 0 Å². The molecule has 1 atom stereocenters. The standard InChI is InChI=1S/C16H14N4O4/c17-7-6-14(22)18-11-3-1-2-9-10(11)8-20(16(9)24)12-4-5-13(21)19-15(12)23/h1-3,12H,4-6,8H2,(H,18,22)(H,19,21,23). The van der Waals surface area contributed by atoms with Crippen LogP contribution in [-0.2, 0) is 20.9 Å². The fourth-order valence-corrected chi connectivity index (χ4v) is 2.97. The topological polar surface area (TPSA) is 119 Å². The van der Waals surface area contributed by atoms with Crippen molar-refractivity contribution >= 4 is 29.3 Å². The monoisotopic (exact) mass is 326 g/mol. The molecule has 1 aromatic carbocycles. The summed E-state index contributed by atoms with van der Waals surface area (Å²) in [5.74, 6) is -1.60. The SMILES string of the molecule is N#CCC(=O)Nc1cccc2c1CN(C1CCC(=O)NC1=O)C2=O. The molecule has 1 saturated heterocycles. The lowest BCUT2D eigenvalue weighted by Gasteiger charge is -2.29. The van der Waals surface area contributed by atoms with E-state index in [0.29, 0.717) is 16.8 Å². The number of anilines is 1. The predicted molar refractivity (Wildman–Crippen MR) is 81.3 cm³/mol. The van der Waals surface area contributed by atoms with Crippen molar-refractivity contribution in [1.82, 2.24) is 10.2 Å². The van der Waals surface area contributed by atoms with Gasteiger partial charge in [0.25, 0.3) is 5.91 Å². The van der Waals surface area contributed by atoms with Gasteiger partial charge in [-0.2, -0.15) is 5.26 Å². The van der Waals surface area contributed by atoms with Gasteiger partial charge in [-0.05, 0) is 18.6 Å². The zero-order valence-corrected chi connectivity index (χ0v) is 12.7. The Balaban J connectivity index is 1.85. The molecule has 1 fully saturated rings. The molecule has 0 bridgehead atoms. The van der Waals surface area contributed by atoms with Gasteiger partial charge in [0.2, 0.25) is 17.7 Å². The lowest BCUT2D eigenvalue weighted by atomic mass is 10.0. The smallest absolute Gasteiger partial charge is 0.255 e. The molecule has 0 aliphatic carbocycles. The number of nitrogens with one attached hydrogen (secondary N) is 2. The molecule has 122 valence electrons. The average molecular weight is 326 g/mol. The molecule has 4 amide bonds. The maximum Gasteiger partial charge on any atom is 0.255 e. The lowest BCUT2D eigenvalue weighted by molar-refractivity contribution is -0.137. The lowest BCUT2D eigenvalue weighted by Crippen LogP contribution is -2.52. The third-order valence-electron chi connectivity index (χ3n) is 4.10. The van der Waals surface area contributed by atoms with Crippen molar-refractivity contribution in [1.29, 1.82) is 5.26 Å². The molecular weight excluding hydrogens is 312 g/mol. The number of carbonyl (C=O) groups excluding carboxylic acids is 4. The van der Waals surface area contributed by atoms with Gasteiger partial charge in [-0.3, -0.25) is 24.5 Å². The summed E-state index contributed by atoms with van der Waals surface area (Å²) < 4.78 is 0. The summed E-state index contributed by atoms with van der Waals surface area (Å²) in [5, 5.41) is 13.4. The van der Waals surface area contributed by atoms with Crippen molar-refractivity contribution in [3.05, 3.63) is 29.3 Å². The second-order valence-electron chi connectivity index (χ2n) is 5.61. The van der Waals surface area contributed by atoms with Crippen LogP contribution in [0, 0.1) is 11.3 Å². The number of imide groups is 1. The van der Waals surface area contributed by atoms with Gasteiger partial charge < -0.3 is 10.2 Å². The number of amides is 4. The van der Waals surface area contributed by atoms with E-state index >= 15 is 0 Å². The number of nitriles is 1. The Morgan fingerprint density at radius 1 is 1.38 bits per heavy atom. The highest BCUT2D eigenvalue weighted by Crippen LogP contribution is 2.32. The van der Waals surface area contributed by atoms with Gasteiger partial charge in [0.1, 0.15) is 12.5 Å². The number of benzene rings is 1. The Hall–Kier alpha value is -3.21. The first kappa shape index (κ1) is 15.7. The van der Waals surface area contributed by atoms with Crippen molar-refractivity contribution in [2.75, 3.05) is 5.32 Å². The Labute approximate surface area is 137 Å². The second kappa shape index (κ2) is 6.12. The van der Waals surface area contributed by atoms with Gasteiger partial charge >= 0.3 is 0 Å². The maximum absolute atomic E-state index is 12.6. The van der Waals surface area contributed by atoms with Gasteiger partial charge in [0, 0.05) is 29.8 Å². The molecule has 3 rings (SSSR count). The molecule has 0 spiro atoms. The van der Waals surface area contributed by atoms with E-state index in [1.807, 2.05) is 0 Å². The van der Waals surface area contributed by atoms with Crippen molar-refractivity contribution in [2.45, 2.75) is 31.8 Å². The minimum atomic E-state index is -0.703. The summed E-state index contributed by atoms with van der Waals surface area (Å²) in [4.78, 5) is 48.9. The van der Waals surface area contributed by atoms with E-state index in [-0.39, 0.29) is 37.6 Å². The Morgan fingerprint density at radius 2 is 2.17 bits per heavy atom. The molecule has 2 heterocycles. The molecule has 24 heavy (non-hydrogen) atoms. The van der Waals surface area contributed by atoms with Gasteiger partial charge in [0.05, 0.1) is 6.07 Å². The fourth-order valence-electron chi connectivity index (χ4n) is 2.97. The molecular formula is C16H14N4O4. The van der Waals surface area contributed by atoms with Crippen molar-refractivity contribution < 1.29 is 19.2 Å². The zero-order chi connectivity index (χ0) is 17.3. The maximum atomic E-state index is 12.6. The van der Waals surface area contributed by atoms with Crippen LogP contribution < -0.4 is 10.6 Å². The summed E-state index contributed by atoms with van der Waals surface area (Å²) in [6.07, 6.45) is 0.178. The van der Waals surface area contributed by atoms with Crippen molar-refractivity contribution in [2.24, 2.45) is 0 Å². The highest BCUT2D eigenvalue weighted by atomic mass is 16.2. The summed E-state index contributed by atoms with van der Waals surface area (Å²) in [5.41, 5.74) is 1.48. The van der Waals surface area contributed by atoms with E-state index < -0.39 is 17.9 Å². The van der Waals surface area contributed by atoms with E-state index in [4.69, 9.17) is 5.26 Å². The highest BCUT2D eigenvalue weighted by molar-refractivity contribution is 6.06. The van der Waals surface area contributed by atoms with Crippen molar-refractivity contribution in [3.63, 3.8) is 0 Å². The van der Waals surface area contributed by atoms with Crippen LogP contribution in [-0.4, -0.2) is 34.6 Å². The molecule has 8 heteroatoms. The van der Waals surface area contributed by atoms with Crippen LogP contribution in [0.4, 0.5) is 5.69 Å². The molecule has 2 aliphatic heterocycles. The summed E-state index contributed by atoms with van der Waals surface area (Å²) >= 11 is 0. The molecule has 0 aromatic heterocycles. The van der Waals surface area contributed by atoms with Crippen LogP contribution in [0.3, 0.4) is 0 Å². The summed E-state index contributed by atoms with van der Waals surface area (Å²) in [6, 6.07) is 5.97. The van der Waals surface area contributed by atoms with Gasteiger partial charge in [-0.1, -0.05) is 6.07 Å². The van der Waals surface area contributed by atoms with Crippen molar-refractivity contribution in [3.8, 4) is 6.07 Å². The van der Waals surface area contributed by atoms with E-state index in [2.05, 4.69) is 10.6 Å². The Bertz CT molecular complexity index is 796. The first-order chi connectivity index (χ1) is 11.5. The number of rotatable bonds is 3. The molecule has 2 aliphatic rings. The number of hydrogen-bond donors (Lipinski definition) is 2. The Morgan fingerprint density at radius 3 is 2.88 bits per heavy atom. The second-order valence-corrected chi connectivity index (χ2v) is 5.61. The molecule has 8 nitrogen and oxygen atoms in total. The molecule has 1 aromatic rings. The fraction of sp³-hybridized carbons (Fsp3) is 0.312. The van der Waals surface area contributed by atoms with Crippen LogP contribution >= 0.6 is 0 Å². The quantitative estimate of drug-likeness (QED) is 0.774. The van der Waals surface area contributed by atoms with Gasteiger partial charge in [-0.25, -0.2) is 0 Å². The van der Waals surface area contributed by atoms with E-state index in [9.17, 15) is 19.2 Å². The Kier molecular flexibility index (Phi) is 4.00. The van der Waals surface area contributed by atoms with E-state index in [1.165, 1.54) is 4.90 Å². The molecule has 0 radical (unpaired) electrons. The van der Waals surface area contributed by atoms with Crippen LogP contribution in [0.15, 0.2) is 18.2 Å². The predicted octanol–water partition coefficient (Wildman–Crippen LogP) is 0.300. The third-order valence-corrected chi connectivity index (χ3v) is 4.10. The number of piperidine rings is 1. The normalized spacial score (nSPS) is 19.5. The minimum Gasteiger partial charge on any atom is -0.325 e. The molecule has 2 N–H and O–H groups in total. The largest absolute Gasteiger partial charge is 0.325 e. The number of nitrogens with zero attached hydrogens (tertiary/aromatic N) is 2. The number of fused-ring (bicyclic) bond motifs is 1. The van der Waals surface area contributed by atoms with Crippen LogP contribution in [0.25, 0.3) is 0 Å². The highest BCUT2D eigenvalue weighted by Gasteiger charge is 2.39. The zero-order valence-electron chi connectivity index (χ0n) is 12.7. The number of hydrogen-bond acceptors (Lipinski definition) is 5. The summed E-state index contributed by atoms with van der Waals surface area (Å²) in [7, 11) is 0.